The molecule has 0 heterocycles. The number of aliphatic hydroxyl groups is 1. The zero-order chi connectivity index (χ0) is 13.2. The van der Waals surface area contributed by atoms with Crippen LogP contribution in [0.5, 0.6) is 5.75 Å². The predicted octanol–water partition coefficient (Wildman–Crippen LogP) is 2.66. The van der Waals surface area contributed by atoms with Gasteiger partial charge in [-0.25, -0.2) is 4.39 Å². The van der Waals surface area contributed by atoms with Gasteiger partial charge >= 0.3 is 0 Å². The third-order valence-corrected chi connectivity index (χ3v) is 2.79. The highest BCUT2D eigenvalue weighted by molar-refractivity contribution is 5.85. The van der Waals surface area contributed by atoms with Gasteiger partial charge in [-0.3, -0.25) is 0 Å². The summed E-state index contributed by atoms with van der Waals surface area (Å²) in [6.45, 7) is 5.56. The summed E-state index contributed by atoms with van der Waals surface area (Å²) in [6, 6.07) is 3.68. The van der Waals surface area contributed by atoms with Gasteiger partial charge in [0.2, 0.25) is 0 Å². The van der Waals surface area contributed by atoms with E-state index in [1.807, 2.05) is 20.8 Å². The van der Waals surface area contributed by atoms with Crippen LogP contribution in [0.1, 0.15) is 32.4 Å². The van der Waals surface area contributed by atoms with Crippen LogP contribution in [-0.4, -0.2) is 18.3 Å². The molecule has 0 bridgehead atoms. The Balaban J connectivity index is 0.00000289. The van der Waals surface area contributed by atoms with Gasteiger partial charge in [-0.1, -0.05) is 26.8 Å². The van der Waals surface area contributed by atoms with Gasteiger partial charge in [0, 0.05) is 5.56 Å². The summed E-state index contributed by atoms with van der Waals surface area (Å²) < 4.78 is 18.8. The molecule has 0 aromatic heterocycles. The Morgan fingerprint density at radius 3 is 2.33 bits per heavy atom. The molecule has 0 spiro atoms. The molecule has 0 unspecified atom stereocenters. The Morgan fingerprint density at radius 2 is 1.89 bits per heavy atom. The molecule has 0 saturated heterocycles. The molecule has 2 atom stereocenters. The van der Waals surface area contributed by atoms with Crippen molar-refractivity contribution in [2.75, 3.05) is 7.11 Å². The van der Waals surface area contributed by atoms with Gasteiger partial charge in [-0.2, -0.15) is 0 Å². The van der Waals surface area contributed by atoms with E-state index in [-0.39, 0.29) is 18.0 Å². The first kappa shape index (κ1) is 17.2. The fourth-order valence-electron chi connectivity index (χ4n) is 1.72. The molecule has 1 aromatic carbocycles. The van der Waals surface area contributed by atoms with Crippen molar-refractivity contribution in [3.63, 3.8) is 0 Å². The van der Waals surface area contributed by atoms with Crippen molar-refractivity contribution in [3.05, 3.63) is 29.6 Å². The molecular formula is C13H21ClFNO2. The average Bonchev–Trinajstić information content (AvgIpc) is 2.25. The monoisotopic (exact) mass is 277 g/mol. The molecule has 1 aromatic rings. The van der Waals surface area contributed by atoms with Crippen molar-refractivity contribution in [3.8, 4) is 5.75 Å². The van der Waals surface area contributed by atoms with Crippen LogP contribution in [0.15, 0.2) is 18.2 Å². The van der Waals surface area contributed by atoms with Crippen molar-refractivity contribution in [2.45, 2.75) is 32.9 Å². The number of aliphatic hydroxyl groups excluding tert-OH is 1. The Labute approximate surface area is 114 Å². The molecule has 0 aliphatic heterocycles. The maximum Gasteiger partial charge on any atom is 0.131 e. The van der Waals surface area contributed by atoms with E-state index >= 15 is 0 Å². The SMILES string of the molecule is COc1cccc(F)c1[C@@H](N)[C@@H](O)C(C)(C)C.Cl. The normalized spacial score (nSPS) is 14.6. The molecule has 0 aliphatic rings. The van der Waals surface area contributed by atoms with E-state index in [2.05, 4.69) is 0 Å². The van der Waals surface area contributed by atoms with E-state index in [0.717, 1.165) is 0 Å². The molecule has 0 amide bonds. The molecule has 0 fully saturated rings. The Morgan fingerprint density at radius 1 is 1.33 bits per heavy atom. The van der Waals surface area contributed by atoms with Crippen molar-refractivity contribution >= 4 is 12.4 Å². The van der Waals surface area contributed by atoms with Crippen molar-refractivity contribution in [2.24, 2.45) is 11.1 Å². The van der Waals surface area contributed by atoms with Crippen LogP contribution in [0.2, 0.25) is 0 Å². The van der Waals surface area contributed by atoms with Crippen LogP contribution in [-0.2, 0) is 0 Å². The minimum absolute atomic E-state index is 0. The number of rotatable bonds is 3. The standard InChI is InChI=1S/C13H20FNO2.ClH/c1-13(2,3)12(16)11(15)10-8(14)6-5-7-9(10)17-4;/h5-7,11-12,16H,15H2,1-4H3;1H/t11-,12-;/m1./s1. The number of methoxy groups -OCH3 is 1. The van der Waals surface area contributed by atoms with E-state index < -0.39 is 23.4 Å². The lowest BCUT2D eigenvalue weighted by atomic mass is 9.82. The third kappa shape index (κ3) is 3.57. The molecule has 0 radical (unpaired) electrons. The predicted molar refractivity (Wildman–Crippen MR) is 72.6 cm³/mol. The molecule has 0 aliphatic carbocycles. The van der Waals surface area contributed by atoms with Crippen LogP contribution in [0.4, 0.5) is 4.39 Å². The molecule has 3 nitrogen and oxygen atoms in total. The van der Waals surface area contributed by atoms with E-state index in [1.165, 1.54) is 13.2 Å². The minimum atomic E-state index is -0.853. The van der Waals surface area contributed by atoms with Crippen molar-refractivity contribution in [1.29, 1.82) is 0 Å². The Kier molecular flexibility index (Phi) is 6.07. The second kappa shape index (κ2) is 6.36. The van der Waals surface area contributed by atoms with Crippen LogP contribution < -0.4 is 10.5 Å². The summed E-state index contributed by atoms with van der Waals surface area (Å²) in [5.41, 5.74) is 5.73. The smallest absolute Gasteiger partial charge is 0.131 e. The summed E-state index contributed by atoms with van der Waals surface area (Å²) >= 11 is 0. The highest BCUT2D eigenvalue weighted by atomic mass is 35.5. The number of ether oxygens (including phenoxy) is 1. The van der Waals surface area contributed by atoms with Gasteiger partial charge in [-0.15, -0.1) is 12.4 Å². The minimum Gasteiger partial charge on any atom is -0.496 e. The molecule has 18 heavy (non-hydrogen) atoms. The number of hydrogen-bond acceptors (Lipinski definition) is 3. The first-order valence-corrected chi connectivity index (χ1v) is 5.55. The van der Waals surface area contributed by atoms with E-state index in [1.54, 1.807) is 12.1 Å². The fraction of sp³-hybridized carbons (Fsp3) is 0.538. The van der Waals surface area contributed by atoms with Crippen LogP contribution in [0.25, 0.3) is 0 Å². The highest BCUT2D eigenvalue weighted by Crippen LogP contribution is 2.34. The van der Waals surface area contributed by atoms with Gasteiger partial charge < -0.3 is 15.6 Å². The highest BCUT2D eigenvalue weighted by Gasteiger charge is 2.32. The van der Waals surface area contributed by atoms with Crippen LogP contribution >= 0.6 is 12.4 Å². The molecule has 1 rings (SSSR count). The van der Waals surface area contributed by atoms with Gasteiger partial charge in [0.25, 0.3) is 0 Å². The average molecular weight is 278 g/mol. The fourth-order valence-corrected chi connectivity index (χ4v) is 1.72. The number of hydrogen-bond donors (Lipinski definition) is 2. The Hall–Kier alpha value is -0.840. The summed E-state index contributed by atoms with van der Waals surface area (Å²) in [5.74, 6) is -0.0963. The van der Waals surface area contributed by atoms with Crippen LogP contribution in [0.3, 0.4) is 0 Å². The maximum atomic E-state index is 13.8. The van der Waals surface area contributed by atoms with E-state index in [0.29, 0.717) is 5.75 Å². The first-order chi connectivity index (χ1) is 7.79. The molecule has 104 valence electrons. The second-order valence-corrected chi connectivity index (χ2v) is 5.19. The second-order valence-electron chi connectivity index (χ2n) is 5.19. The van der Waals surface area contributed by atoms with Crippen molar-refractivity contribution < 1.29 is 14.2 Å². The summed E-state index contributed by atoms with van der Waals surface area (Å²) in [7, 11) is 1.45. The number of benzene rings is 1. The van der Waals surface area contributed by atoms with Crippen LogP contribution in [0, 0.1) is 11.2 Å². The third-order valence-electron chi connectivity index (χ3n) is 2.79. The molecule has 5 heteroatoms. The first-order valence-electron chi connectivity index (χ1n) is 5.55. The lowest BCUT2D eigenvalue weighted by Gasteiger charge is -2.31. The maximum absolute atomic E-state index is 13.8. The van der Waals surface area contributed by atoms with Gasteiger partial charge in [-0.05, 0) is 17.5 Å². The largest absolute Gasteiger partial charge is 0.496 e. The molecule has 0 saturated carbocycles. The number of halogens is 2. The zero-order valence-electron chi connectivity index (χ0n) is 11.1. The Bertz CT molecular complexity index is 393. The molecule has 3 N–H and O–H groups in total. The van der Waals surface area contributed by atoms with Gasteiger partial charge in [0.05, 0.1) is 19.3 Å². The van der Waals surface area contributed by atoms with Crippen molar-refractivity contribution in [1.82, 2.24) is 0 Å². The van der Waals surface area contributed by atoms with Gasteiger partial charge in [0.1, 0.15) is 11.6 Å². The zero-order valence-corrected chi connectivity index (χ0v) is 11.9. The lowest BCUT2D eigenvalue weighted by molar-refractivity contribution is 0.0384. The summed E-state index contributed by atoms with van der Waals surface area (Å²) in [6.07, 6.45) is -0.853. The van der Waals surface area contributed by atoms with E-state index in [9.17, 15) is 9.50 Å². The molecular weight excluding hydrogens is 257 g/mol. The topological polar surface area (TPSA) is 55.5 Å². The summed E-state index contributed by atoms with van der Waals surface area (Å²) in [5, 5.41) is 10.1. The van der Waals surface area contributed by atoms with Gasteiger partial charge in [0.15, 0.2) is 0 Å². The summed E-state index contributed by atoms with van der Waals surface area (Å²) in [4.78, 5) is 0. The van der Waals surface area contributed by atoms with E-state index in [4.69, 9.17) is 10.5 Å². The quantitative estimate of drug-likeness (QED) is 0.893. The lowest BCUT2D eigenvalue weighted by Crippen LogP contribution is -2.37. The number of nitrogens with two attached hydrogens (primary N) is 1.